The van der Waals surface area contributed by atoms with Crippen LogP contribution in [0.3, 0.4) is 0 Å². The highest BCUT2D eigenvalue weighted by Crippen LogP contribution is 2.32. The van der Waals surface area contributed by atoms with Gasteiger partial charge in [0.25, 0.3) is 5.65 Å². The van der Waals surface area contributed by atoms with E-state index in [1.54, 1.807) is 0 Å². The van der Waals surface area contributed by atoms with Crippen LogP contribution in [0, 0.1) is 5.92 Å². The van der Waals surface area contributed by atoms with Crippen LogP contribution in [0.2, 0.25) is 0 Å². The topological polar surface area (TPSA) is 34.6 Å². The molecule has 4 heteroatoms. The average Bonchev–Trinajstić information content (AvgIpc) is 3.15. The van der Waals surface area contributed by atoms with Crippen molar-refractivity contribution in [1.82, 2.24) is 4.40 Å². The molecule has 0 aliphatic rings. The molecule has 0 saturated heterocycles. The van der Waals surface area contributed by atoms with E-state index in [9.17, 15) is 4.79 Å². The molecule has 5 rings (SSSR count). The quantitative estimate of drug-likeness (QED) is 0.184. The number of ether oxygens (including phenoxy) is 1. The first kappa shape index (κ1) is 22.6. The Morgan fingerprint density at radius 2 is 1.79 bits per heavy atom. The van der Waals surface area contributed by atoms with Crippen LogP contribution in [0.1, 0.15) is 58.9 Å². The lowest BCUT2D eigenvalue weighted by Crippen LogP contribution is -2.34. The molecule has 0 amide bonds. The number of fused-ring (bicyclic) bond motifs is 4. The second-order valence-corrected chi connectivity index (χ2v) is 9.84. The SMILES string of the molecule is CCCCC[n+]1c2ccc(OCC)cc2n2c(=O)c3ccc(CCC(C)C)c4cccc(c43)c21. The van der Waals surface area contributed by atoms with Gasteiger partial charge in [-0.15, -0.1) is 0 Å². The van der Waals surface area contributed by atoms with Crippen molar-refractivity contribution in [1.29, 1.82) is 0 Å². The molecule has 0 aliphatic carbocycles. The summed E-state index contributed by atoms with van der Waals surface area (Å²) in [7, 11) is 0. The van der Waals surface area contributed by atoms with Gasteiger partial charge < -0.3 is 4.74 Å². The summed E-state index contributed by atoms with van der Waals surface area (Å²) in [6, 6.07) is 16.9. The molecule has 0 aliphatic heterocycles. The van der Waals surface area contributed by atoms with Gasteiger partial charge in [-0.05, 0) is 73.7 Å². The monoisotopic (exact) mass is 455 g/mol. The predicted octanol–water partition coefficient (Wildman–Crippen LogP) is 6.66. The van der Waals surface area contributed by atoms with E-state index in [1.165, 1.54) is 23.8 Å². The predicted molar refractivity (Wildman–Crippen MR) is 141 cm³/mol. The highest BCUT2D eigenvalue weighted by molar-refractivity contribution is 6.15. The van der Waals surface area contributed by atoms with Gasteiger partial charge in [0.05, 0.1) is 23.9 Å². The Bertz CT molecular complexity index is 1530. The van der Waals surface area contributed by atoms with Crippen LogP contribution in [-0.2, 0) is 13.0 Å². The normalized spacial score (nSPS) is 12.1. The third kappa shape index (κ3) is 3.70. The Morgan fingerprint density at radius 1 is 0.971 bits per heavy atom. The number of aromatic nitrogens is 2. The summed E-state index contributed by atoms with van der Waals surface area (Å²) < 4.78 is 10.1. The molecule has 34 heavy (non-hydrogen) atoms. The summed E-state index contributed by atoms with van der Waals surface area (Å²) in [6.45, 7) is 10.2. The van der Waals surface area contributed by atoms with Gasteiger partial charge in [0, 0.05) is 11.5 Å². The Hall–Kier alpha value is -3.14. The summed E-state index contributed by atoms with van der Waals surface area (Å²) in [5.74, 6) is 1.45. The minimum absolute atomic E-state index is 0.0574. The van der Waals surface area contributed by atoms with Crippen molar-refractivity contribution in [3.05, 3.63) is 64.4 Å². The number of rotatable bonds is 9. The van der Waals surface area contributed by atoms with Crippen LogP contribution in [-0.4, -0.2) is 11.0 Å². The molecule has 0 bridgehead atoms. The van der Waals surface area contributed by atoms with Gasteiger partial charge in [-0.25, -0.2) is 9.36 Å². The van der Waals surface area contributed by atoms with Crippen LogP contribution in [0.5, 0.6) is 5.75 Å². The zero-order chi connectivity index (χ0) is 23.8. The lowest BCUT2D eigenvalue weighted by molar-refractivity contribution is -0.645. The molecule has 0 atom stereocenters. The summed E-state index contributed by atoms with van der Waals surface area (Å²) >= 11 is 0. The second-order valence-electron chi connectivity index (χ2n) is 9.84. The fourth-order valence-corrected chi connectivity index (χ4v) is 5.35. The van der Waals surface area contributed by atoms with Crippen molar-refractivity contribution in [3.8, 4) is 5.75 Å². The molecule has 0 fully saturated rings. The summed E-state index contributed by atoms with van der Waals surface area (Å²) in [4.78, 5) is 14.0. The minimum Gasteiger partial charge on any atom is -0.494 e. The van der Waals surface area contributed by atoms with E-state index in [4.69, 9.17) is 4.74 Å². The number of hydrogen-bond donors (Lipinski definition) is 0. The molecule has 3 aromatic carbocycles. The maximum absolute atomic E-state index is 14.0. The van der Waals surface area contributed by atoms with Gasteiger partial charge in [-0.3, -0.25) is 0 Å². The molecular weight excluding hydrogens is 420 g/mol. The van der Waals surface area contributed by atoms with E-state index in [-0.39, 0.29) is 5.56 Å². The number of benzene rings is 3. The highest BCUT2D eigenvalue weighted by atomic mass is 16.5. The van der Waals surface area contributed by atoms with Crippen molar-refractivity contribution in [2.45, 2.75) is 66.3 Å². The first-order valence-corrected chi connectivity index (χ1v) is 12.9. The van der Waals surface area contributed by atoms with Gasteiger partial charge >= 0.3 is 5.56 Å². The molecule has 176 valence electrons. The summed E-state index contributed by atoms with van der Waals surface area (Å²) in [5, 5.41) is 4.28. The maximum atomic E-state index is 14.0. The standard InChI is InChI=1S/C30H35N2O2/c1-5-7-8-18-31-26-17-15-22(34-6-2)19-27(26)32-29(31)24-11-9-10-23-21(13-12-20(3)4)14-16-25(28(23)24)30(32)33/h9-11,14-17,19-20H,5-8,12-13,18H2,1-4H3/q+1. The van der Waals surface area contributed by atoms with E-state index < -0.39 is 0 Å². The zero-order valence-corrected chi connectivity index (χ0v) is 20.9. The first-order valence-electron chi connectivity index (χ1n) is 12.9. The van der Waals surface area contributed by atoms with Crippen molar-refractivity contribution in [2.24, 2.45) is 5.92 Å². The van der Waals surface area contributed by atoms with E-state index in [2.05, 4.69) is 55.7 Å². The molecule has 0 saturated carbocycles. The number of nitrogens with zero attached hydrogens (tertiary/aromatic N) is 2. The Kier molecular flexibility index (Phi) is 6.16. The maximum Gasteiger partial charge on any atom is 0.347 e. The van der Waals surface area contributed by atoms with Crippen LogP contribution < -0.4 is 14.9 Å². The number of aryl methyl sites for hydroxylation is 2. The van der Waals surface area contributed by atoms with Crippen molar-refractivity contribution in [3.63, 3.8) is 0 Å². The molecule has 0 N–H and O–H groups in total. The lowest BCUT2D eigenvalue weighted by atomic mass is 9.94. The van der Waals surface area contributed by atoms with Crippen LogP contribution in [0.4, 0.5) is 0 Å². The minimum atomic E-state index is 0.0574. The van der Waals surface area contributed by atoms with Crippen LogP contribution in [0.25, 0.3) is 38.2 Å². The molecule has 5 aromatic rings. The zero-order valence-electron chi connectivity index (χ0n) is 20.9. The smallest absolute Gasteiger partial charge is 0.347 e. The molecule has 0 radical (unpaired) electrons. The van der Waals surface area contributed by atoms with E-state index in [1.807, 2.05) is 29.5 Å². The van der Waals surface area contributed by atoms with E-state index in [0.29, 0.717) is 12.5 Å². The summed E-state index contributed by atoms with van der Waals surface area (Å²) in [6.07, 6.45) is 5.60. The average molecular weight is 456 g/mol. The largest absolute Gasteiger partial charge is 0.494 e. The van der Waals surface area contributed by atoms with Crippen molar-refractivity contribution >= 4 is 38.2 Å². The van der Waals surface area contributed by atoms with Gasteiger partial charge in [0.2, 0.25) is 0 Å². The van der Waals surface area contributed by atoms with E-state index >= 15 is 0 Å². The van der Waals surface area contributed by atoms with Crippen molar-refractivity contribution < 1.29 is 9.30 Å². The third-order valence-electron chi connectivity index (χ3n) is 7.04. The third-order valence-corrected chi connectivity index (χ3v) is 7.04. The van der Waals surface area contributed by atoms with Crippen molar-refractivity contribution in [2.75, 3.05) is 6.61 Å². The Balaban J connectivity index is 1.88. The van der Waals surface area contributed by atoms with E-state index in [0.717, 1.165) is 64.4 Å². The molecular formula is C30H35N2O2+. The van der Waals surface area contributed by atoms with Gasteiger partial charge in [0.15, 0.2) is 11.0 Å². The van der Waals surface area contributed by atoms with Gasteiger partial charge in [-0.1, -0.05) is 45.4 Å². The van der Waals surface area contributed by atoms with Gasteiger partial charge in [-0.2, -0.15) is 4.40 Å². The number of hydrogen-bond acceptors (Lipinski definition) is 2. The molecule has 4 nitrogen and oxygen atoms in total. The Morgan fingerprint density at radius 3 is 2.56 bits per heavy atom. The molecule has 2 heterocycles. The number of imidazole rings is 1. The number of pyridine rings is 1. The molecule has 0 unspecified atom stereocenters. The fourth-order valence-electron chi connectivity index (χ4n) is 5.35. The lowest BCUT2D eigenvalue weighted by Gasteiger charge is -2.11. The molecule has 0 spiro atoms. The van der Waals surface area contributed by atoms with Crippen LogP contribution in [0.15, 0.2) is 53.3 Å². The highest BCUT2D eigenvalue weighted by Gasteiger charge is 2.27. The fraction of sp³-hybridized carbons (Fsp3) is 0.400. The first-order chi connectivity index (χ1) is 16.5. The summed E-state index contributed by atoms with van der Waals surface area (Å²) in [5.41, 5.74) is 4.41. The number of unbranched alkanes of at least 4 members (excludes halogenated alkanes) is 2. The Labute approximate surface area is 201 Å². The van der Waals surface area contributed by atoms with Gasteiger partial charge in [0.1, 0.15) is 5.75 Å². The van der Waals surface area contributed by atoms with Crippen LogP contribution >= 0.6 is 0 Å². The molecule has 2 aromatic heterocycles. The second kappa shape index (κ2) is 9.25.